The fourth-order valence-electron chi connectivity index (χ4n) is 3.20. The average Bonchev–Trinajstić information content (AvgIpc) is 2.80. The van der Waals surface area contributed by atoms with Crippen molar-refractivity contribution in [3.63, 3.8) is 0 Å². The van der Waals surface area contributed by atoms with Crippen LogP contribution in [0, 0.1) is 11.6 Å². The minimum absolute atomic E-state index is 0.0384. The largest absolute Gasteiger partial charge is 0.422 e. The van der Waals surface area contributed by atoms with Gasteiger partial charge < -0.3 is 10.1 Å². The van der Waals surface area contributed by atoms with E-state index in [1.165, 1.54) is 48.5 Å². The van der Waals surface area contributed by atoms with E-state index in [4.69, 9.17) is 27.9 Å². The van der Waals surface area contributed by atoms with Crippen molar-refractivity contribution < 1.29 is 23.1 Å². The van der Waals surface area contributed by atoms with Crippen LogP contribution < -0.4 is 10.1 Å². The number of ether oxygens (including phenoxy) is 1. The number of esters is 1. The molecule has 4 aromatic carbocycles. The highest BCUT2D eigenvalue weighted by Gasteiger charge is 2.19. The van der Waals surface area contributed by atoms with Gasteiger partial charge in [0.05, 0.1) is 11.1 Å². The fourth-order valence-corrected chi connectivity index (χ4v) is 3.51. The van der Waals surface area contributed by atoms with Crippen LogP contribution in [0.2, 0.25) is 10.0 Å². The molecule has 4 aromatic rings. The number of hydrogen-bond acceptors (Lipinski definition) is 3. The summed E-state index contributed by atoms with van der Waals surface area (Å²) in [5.74, 6) is -2.91. The standard InChI is InChI=1S/C26H15Cl2F2NO3/c27-17-7-4-15(5-8-17)26(33)34-24-11-6-16(21-10-9-19(29)14-23(21)30)12-22(24)25(32)31-20-3-1-2-18(28)13-20/h1-14H,(H,31,32). The highest BCUT2D eigenvalue weighted by atomic mass is 35.5. The number of hydrogen-bond donors (Lipinski definition) is 1. The summed E-state index contributed by atoms with van der Waals surface area (Å²) in [6.07, 6.45) is 0. The predicted molar refractivity (Wildman–Crippen MR) is 128 cm³/mol. The van der Waals surface area contributed by atoms with Crippen LogP contribution in [0.1, 0.15) is 20.7 Å². The maximum Gasteiger partial charge on any atom is 0.343 e. The first-order valence-electron chi connectivity index (χ1n) is 9.94. The summed E-state index contributed by atoms with van der Waals surface area (Å²) in [5.41, 5.74) is 0.961. The Labute approximate surface area is 203 Å². The van der Waals surface area contributed by atoms with Crippen LogP contribution in [-0.2, 0) is 0 Å². The molecule has 0 spiro atoms. The minimum Gasteiger partial charge on any atom is -0.422 e. The number of rotatable bonds is 5. The van der Waals surface area contributed by atoms with E-state index in [2.05, 4.69) is 5.32 Å². The Balaban J connectivity index is 1.72. The Morgan fingerprint density at radius 3 is 2.26 bits per heavy atom. The van der Waals surface area contributed by atoms with Gasteiger partial charge in [-0.2, -0.15) is 0 Å². The summed E-state index contributed by atoms with van der Waals surface area (Å²) in [5, 5.41) is 3.54. The van der Waals surface area contributed by atoms with E-state index in [1.54, 1.807) is 24.3 Å². The first-order valence-corrected chi connectivity index (χ1v) is 10.7. The van der Waals surface area contributed by atoms with Crippen molar-refractivity contribution in [1.29, 1.82) is 0 Å². The van der Waals surface area contributed by atoms with Crippen LogP contribution in [0.5, 0.6) is 5.75 Å². The van der Waals surface area contributed by atoms with Gasteiger partial charge in [-0.05, 0) is 72.3 Å². The monoisotopic (exact) mass is 497 g/mol. The van der Waals surface area contributed by atoms with Crippen molar-refractivity contribution in [3.8, 4) is 16.9 Å². The molecular weight excluding hydrogens is 483 g/mol. The molecule has 1 N–H and O–H groups in total. The maximum atomic E-state index is 14.4. The smallest absolute Gasteiger partial charge is 0.343 e. The normalized spacial score (nSPS) is 10.6. The molecule has 0 heterocycles. The number of carbonyl (C=O) groups excluding carboxylic acids is 2. The number of halogens is 4. The van der Waals surface area contributed by atoms with Crippen molar-refractivity contribution in [2.75, 3.05) is 5.32 Å². The Morgan fingerprint density at radius 2 is 1.56 bits per heavy atom. The summed E-state index contributed by atoms with van der Waals surface area (Å²) in [4.78, 5) is 25.7. The van der Waals surface area contributed by atoms with Crippen LogP contribution in [0.4, 0.5) is 14.5 Å². The second-order valence-electron chi connectivity index (χ2n) is 7.20. The molecule has 0 fully saturated rings. The van der Waals surface area contributed by atoms with Gasteiger partial charge in [-0.1, -0.05) is 35.3 Å². The Hall–Kier alpha value is -3.74. The van der Waals surface area contributed by atoms with E-state index in [-0.39, 0.29) is 22.4 Å². The summed E-state index contributed by atoms with van der Waals surface area (Å²) >= 11 is 11.8. The van der Waals surface area contributed by atoms with Gasteiger partial charge in [0.25, 0.3) is 5.91 Å². The van der Waals surface area contributed by atoms with E-state index in [1.807, 2.05) is 0 Å². The molecule has 0 saturated carbocycles. The van der Waals surface area contributed by atoms with Crippen LogP contribution in [0.3, 0.4) is 0 Å². The molecule has 0 saturated heterocycles. The van der Waals surface area contributed by atoms with Crippen molar-refractivity contribution in [1.82, 2.24) is 0 Å². The summed E-state index contributed by atoms with van der Waals surface area (Å²) in [7, 11) is 0. The Bertz CT molecular complexity index is 1390. The van der Waals surface area contributed by atoms with Gasteiger partial charge in [-0.15, -0.1) is 0 Å². The van der Waals surface area contributed by atoms with Gasteiger partial charge in [-0.3, -0.25) is 4.79 Å². The van der Waals surface area contributed by atoms with Crippen molar-refractivity contribution in [3.05, 3.63) is 118 Å². The van der Waals surface area contributed by atoms with Crippen LogP contribution in [0.15, 0.2) is 84.9 Å². The summed E-state index contributed by atoms with van der Waals surface area (Å²) in [6.45, 7) is 0. The third-order valence-electron chi connectivity index (χ3n) is 4.83. The topological polar surface area (TPSA) is 55.4 Å². The quantitative estimate of drug-likeness (QED) is 0.230. The molecule has 4 nitrogen and oxygen atoms in total. The van der Waals surface area contributed by atoms with E-state index < -0.39 is 23.5 Å². The van der Waals surface area contributed by atoms with E-state index in [9.17, 15) is 18.4 Å². The lowest BCUT2D eigenvalue weighted by Crippen LogP contribution is -2.16. The molecule has 34 heavy (non-hydrogen) atoms. The summed E-state index contributed by atoms with van der Waals surface area (Å²) < 4.78 is 33.2. The van der Waals surface area contributed by atoms with Gasteiger partial charge in [0.2, 0.25) is 0 Å². The van der Waals surface area contributed by atoms with Crippen LogP contribution in [-0.4, -0.2) is 11.9 Å². The number of carbonyl (C=O) groups is 2. The van der Waals surface area contributed by atoms with Gasteiger partial charge in [0, 0.05) is 27.4 Å². The SMILES string of the molecule is O=C(Oc1ccc(-c2ccc(F)cc2F)cc1C(=O)Nc1cccc(Cl)c1)c1ccc(Cl)cc1. The highest BCUT2D eigenvalue weighted by molar-refractivity contribution is 6.31. The Morgan fingerprint density at radius 1 is 0.794 bits per heavy atom. The van der Waals surface area contributed by atoms with Crippen LogP contribution >= 0.6 is 23.2 Å². The van der Waals surface area contributed by atoms with E-state index >= 15 is 0 Å². The number of amides is 1. The minimum atomic E-state index is -0.799. The first kappa shape index (κ1) is 23.4. The van der Waals surface area contributed by atoms with Gasteiger partial charge in [0.1, 0.15) is 17.4 Å². The van der Waals surface area contributed by atoms with Crippen molar-refractivity contribution >= 4 is 40.8 Å². The van der Waals surface area contributed by atoms with Gasteiger partial charge in [-0.25, -0.2) is 13.6 Å². The summed E-state index contributed by atoms with van der Waals surface area (Å²) in [6, 6.07) is 19.8. The third-order valence-corrected chi connectivity index (χ3v) is 5.32. The molecule has 0 atom stereocenters. The molecule has 0 unspecified atom stereocenters. The molecule has 0 aliphatic carbocycles. The average molecular weight is 498 g/mol. The third kappa shape index (κ3) is 5.42. The molecule has 0 aromatic heterocycles. The number of nitrogens with one attached hydrogen (secondary N) is 1. The zero-order valence-electron chi connectivity index (χ0n) is 17.3. The molecule has 0 aliphatic rings. The Kier molecular flexibility index (Phi) is 6.91. The second-order valence-corrected chi connectivity index (χ2v) is 8.07. The lowest BCUT2D eigenvalue weighted by Gasteiger charge is -2.13. The van der Waals surface area contributed by atoms with E-state index in [0.717, 1.165) is 12.1 Å². The zero-order valence-corrected chi connectivity index (χ0v) is 18.8. The number of anilines is 1. The van der Waals surface area contributed by atoms with E-state index in [0.29, 0.717) is 21.3 Å². The maximum absolute atomic E-state index is 14.4. The van der Waals surface area contributed by atoms with Crippen molar-refractivity contribution in [2.45, 2.75) is 0 Å². The lowest BCUT2D eigenvalue weighted by molar-refractivity contribution is 0.0733. The second kappa shape index (κ2) is 10.0. The zero-order chi connectivity index (χ0) is 24.2. The van der Waals surface area contributed by atoms with Gasteiger partial charge >= 0.3 is 5.97 Å². The molecule has 1 amide bonds. The van der Waals surface area contributed by atoms with Crippen LogP contribution in [0.25, 0.3) is 11.1 Å². The highest BCUT2D eigenvalue weighted by Crippen LogP contribution is 2.30. The van der Waals surface area contributed by atoms with Gasteiger partial charge in [0.15, 0.2) is 0 Å². The fraction of sp³-hybridized carbons (Fsp3) is 0. The molecule has 0 aliphatic heterocycles. The molecular formula is C26H15Cl2F2NO3. The molecule has 170 valence electrons. The lowest BCUT2D eigenvalue weighted by atomic mass is 10.0. The van der Waals surface area contributed by atoms with Crippen molar-refractivity contribution in [2.24, 2.45) is 0 Å². The number of benzene rings is 4. The molecule has 8 heteroatoms. The molecule has 0 radical (unpaired) electrons. The first-order chi connectivity index (χ1) is 16.3. The molecule has 0 bridgehead atoms. The predicted octanol–water partition coefficient (Wildman–Crippen LogP) is 7.41. The molecule has 4 rings (SSSR count).